The molecule has 0 atom stereocenters. The molecule has 9 heteroatoms. The lowest BCUT2D eigenvalue weighted by atomic mass is 10.1. The zero-order valence-electron chi connectivity index (χ0n) is 16.0. The maximum atomic E-state index is 13.7. The van der Waals surface area contributed by atoms with Gasteiger partial charge in [-0.1, -0.05) is 18.2 Å². The Labute approximate surface area is 174 Å². The molecule has 2 aromatic carbocycles. The Hall–Kier alpha value is -4.40. The number of aromatic amines is 1. The van der Waals surface area contributed by atoms with Gasteiger partial charge in [-0.2, -0.15) is 10.1 Å². The second-order valence-electron chi connectivity index (χ2n) is 6.88. The number of benzene rings is 2. The quantitative estimate of drug-likeness (QED) is 0.471. The van der Waals surface area contributed by atoms with Crippen LogP contribution < -0.4 is 10.9 Å². The van der Waals surface area contributed by atoms with Crippen LogP contribution in [0.5, 0.6) is 0 Å². The van der Waals surface area contributed by atoms with Crippen molar-refractivity contribution in [3.8, 4) is 11.3 Å². The number of aromatic nitrogens is 5. The second-order valence-corrected chi connectivity index (χ2v) is 6.88. The number of hydrogen-bond donors (Lipinski definition) is 2. The van der Waals surface area contributed by atoms with Gasteiger partial charge in [0.25, 0.3) is 11.5 Å². The lowest BCUT2D eigenvalue weighted by molar-refractivity contribution is 0.0950. The van der Waals surface area contributed by atoms with E-state index in [1.807, 2.05) is 12.1 Å². The molecule has 2 N–H and O–H groups in total. The van der Waals surface area contributed by atoms with Crippen LogP contribution in [-0.2, 0) is 6.54 Å². The first-order valence-corrected chi connectivity index (χ1v) is 9.45. The minimum Gasteiger partial charge on any atom is -0.346 e. The van der Waals surface area contributed by atoms with Crippen molar-refractivity contribution in [1.29, 1.82) is 0 Å². The van der Waals surface area contributed by atoms with Gasteiger partial charge in [-0.05, 0) is 42.5 Å². The van der Waals surface area contributed by atoms with E-state index >= 15 is 0 Å². The molecule has 0 aliphatic heterocycles. The number of rotatable bonds is 4. The van der Waals surface area contributed by atoms with Crippen LogP contribution in [-0.4, -0.2) is 30.7 Å². The van der Waals surface area contributed by atoms with Gasteiger partial charge in [-0.3, -0.25) is 14.6 Å². The molecule has 1 amide bonds. The molecule has 8 nitrogen and oxygen atoms in total. The van der Waals surface area contributed by atoms with Gasteiger partial charge in [0.2, 0.25) is 0 Å². The average Bonchev–Trinajstić information content (AvgIpc) is 3.22. The van der Waals surface area contributed by atoms with E-state index in [0.717, 1.165) is 5.69 Å². The molecule has 0 saturated heterocycles. The lowest BCUT2D eigenvalue weighted by Crippen LogP contribution is -2.23. The summed E-state index contributed by atoms with van der Waals surface area (Å²) in [5.41, 5.74) is 2.13. The predicted octanol–water partition coefficient (Wildman–Crippen LogP) is 2.70. The first-order valence-electron chi connectivity index (χ1n) is 9.45. The van der Waals surface area contributed by atoms with Crippen molar-refractivity contribution in [1.82, 2.24) is 30.1 Å². The van der Waals surface area contributed by atoms with Crippen molar-refractivity contribution in [3.63, 3.8) is 0 Å². The van der Waals surface area contributed by atoms with E-state index in [0.29, 0.717) is 27.7 Å². The maximum Gasteiger partial charge on any atom is 0.281 e. The Kier molecular flexibility index (Phi) is 4.47. The fourth-order valence-electron chi connectivity index (χ4n) is 3.37. The van der Waals surface area contributed by atoms with Crippen LogP contribution in [0.2, 0.25) is 0 Å². The molecule has 152 valence electrons. The molecular formula is C22H15FN6O2. The minimum atomic E-state index is -0.463. The normalized spacial score (nSPS) is 11.1. The SMILES string of the molecule is O=C(NCc1ccccn1)c1ccc2c(=O)nc3c(-c4cccc(F)c4)n[nH]n3c2c1. The third kappa shape index (κ3) is 3.42. The highest BCUT2D eigenvalue weighted by molar-refractivity contribution is 5.98. The van der Waals surface area contributed by atoms with E-state index in [2.05, 4.69) is 25.6 Å². The molecule has 5 aromatic rings. The van der Waals surface area contributed by atoms with E-state index in [1.54, 1.807) is 42.6 Å². The fraction of sp³-hybridized carbons (Fsp3) is 0.0455. The number of nitrogens with one attached hydrogen (secondary N) is 2. The standard InChI is InChI=1S/C22H15FN6O2/c23-15-5-3-4-13(10-15)19-20-26-22(31)17-8-7-14(11-18(17)29(20)28-27-19)21(30)25-12-16-6-1-2-9-24-16/h1-11,28H,12H2,(H,25,30). The van der Waals surface area contributed by atoms with Gasteiger partial charge in [0.15, 0.2) is 5.65 Å². The van der Waals surface area contributed by atoms with Crippen molar-refractivity contribution in [2.75, 3.05) is 0 Å². The Morgan fingerprint density at radius 2 is 2.00 bits per heavy atom. The molecule has 5 rings (SSSR count). The number of halogens is 1. The summed E-state index contributed by atoms with van der Waals surface area (Å²) in [7, 11) is 0. The minimum absolute atomic E-state index is 0.245. The second kappa shape index (κ2) is 7.45. The Morgan fingerprint density at radius 1 is 1.10 bits per heavy atom. The summed E-state index contributed by atoms with van der Waals surface area (Å²) in [4.78, 5) is 33.5. The largest absolute Gasteiger partial charge is 0.346 e. The zero-order valence-corrected chi connectivity index (χ0v) is 16.0. The van der Waals surface area contributed by atoms with Gasteiger partial charge in [0, 0.05) is 17.3 Å². The molecule has 0 aliphatic carbocycles. The molecule has 3 aromatic heterocycles. The van der Waals surface area contributed by atoms with Crippen LogP contribution in [0.4, 0.5) is 4.39 Å². The van der Waals surface area contributed by atoms with Crippen molar-refractivity contribution in [2.45, 2.75) is 6.54 Å². The van der Waals surface area contributed by atoms with Crippen molar-refractivity contribution in [3.05, 3.63) is 94.3 Å². The number of hydrogen-bond acceptors (Lipinski definition) is 5. The number of nitrogens with zero attached hydrogens (tertiary/aromatic N) is 4. The van der Waals surface area contributed by atoms with Crippen molar-refractivity contribution >= 4 is 22.5 Å². The number of fused-ring (bicyclic) bond motifs is 3. The fourth-order valence-corrected chi connectivity index (χ4v) is 3.37. The summed E-state index contributed by atoms with van der Waals surface area (Å²) in [6.07, 6.45) is 1.65. The first kappa shape index (κ1) is 18.6. The summed E-state index contributed by atoms with van der Waals surface area (Å²) in [5.74, 6) is -0.732. The molecule has 31 heavy (non-hydrogen) atoms. The molecule has 0 aliphatic rings. The molecular weight excluding hydrogens is 399 g/mol. The summed E-state index contributed by atoms with van der Waals surface area (Å²) in [6.45, 7) is 0.275. The summed E-state index contributed by atoms with van der Waals surface area (Å²) in [6, 6.07) is 16.0. The molecule has 0 bridgehead atoms. The third-order valence-corrected chi connectivity index (χ3v) is 4.88. The number of carbonyl (C=O) groups is 1. The van der Waals surface area contributed by atoms with E-state index in [4.69, 9.17) is 0 Å². The maximum absolute atomic E-state index is 13.7. The summed E-state index contributed by atoms with van der Waals surface area (Å²) >= 11 is 0. The van der Waals surface area contributed by atoms with Gasteiger partial charge in [-0.25, -0.2) is 14.1 Å². The van der Waals surface area contributed by atoms with Crippen molar-refractivity contribution < 1.29 is 9.18 Å². The number of H-pyrrole nitrogens is 1. The highest BCUT2D eigenvalue weighted by Gasteiger charge is 2.16. The molecule has 0 radical (unpaired) electrons. The van der Waals surface area contributed by atoms with E-state index < -0.39 is 11.4 Å². The number of carbonyl (C=O) groups excluding carboxylic acids is 1. The lowest BCUT2D eigenvalue weighted by Gasteiger charge is -2.07. The number of amides is 1. The van der Waals surface area contributed by atoms with Crippen LogP contribution in [0.25, 0.3) is 27.8 Å². The topological polar surface area (TPSA) is 105 Å². The average molecular weight is 414 g/mol. The van der Waals surface area contributed by atoms with E-state index in [1.165, 1.54) is 16.6 Å². The predicted molar refractivity (Wildman–Crippen MR) is 112 cm³/mol. The van der Waals surface area contributed by atoms with Gasteiger partial charge < -0.3 is 5.32 Å². The Morgan fingerprint density at radius 3 is 2.81 bits per heavy atom. The van der Waals surface area contributed by atoms with Gasteiger partial charge in [0.1, 0.15) is 11.5 Å². The van der Waals surface area contributed by atoms with Crippen LogP contribution >= 0.6 is 0 Å². The van der Waals surface area contributed by atoms with Crippen LogP contribution in [0.1, 0.15) is 16.1 Å². The summed E-state index contributed by atoms with van der Waals surface area (Å²) < 4.78 is 15.2. The third-order valence-electron chi connectivity index (χ3n) is 4.88. The van der Waals surface area contributed by atoms with Crippen molar-refractivity contribution in [2.24, 2.45) is 0 Å². The number of pyridine rings is 1. The monoisotopic (exact) mass is 414 g/mol. The van der Waals surface area contributed by atoms with Crippen LogP contribution in [0.3, 0.4) is 0 Å². The van der Waals surface area contributed by atoms with E-state index in [-0.39, 0.29) is 18.1 Å². The highest BCUT2D eigenvalue weighted by atomic mass is 19.1. The molecule has 0 saturated carbocycles. The smallest absolute Gasteiger partial charge is 0.281 e. The Bertz CT molecular complexity index is 1490. The first-order chi connectivity index (χ1) is 15.1. The Balaban J connectivity index is 1.56. The van der Waals surface area contributed by atoms with E-state index in [9.17, 15) is 14.0 Å². The molecule has 0 unspecified atom stereocenters. The van der Waals surface area contributed by atoms with Gasteiger partial charge in [0.05, 0.1) is 23.1 Å². The van der Waals surface area contributed by atoms with Crippen LogP contribution in [0, 0.1) is 5.82 Å². The van der Waals surface area contributed by atoms with Crippen LogP contribution in [0.15, 0.2) is 71.7 Å². The zero-order chi connectivity index (χ0) is 21.4. The molecule has 3 heterocycles. The van der Waals surface area contributed by atoms with Gasteiger partial charge in [-0.15, -0.1) is 0 Å². The van der Waals surface area contributed by atoms with Gasteiger partial charge >= 0.3 is 0 Å². The molecule has 0 spiro atoms. The summed E-state index contributed by atoms with van der Waals surface area (Å²) in [5, 5.41) is 10.1. The highest BCUT2D eigenvalue weighted by Crippen LogP contribution is 2.23. The molecule has 0 fully saturated rings.